The molecule has 0 atom stereocenters. The van der Waals surface area contributed by atoms with Gasteiger partial charge < -0.3 is 0 Å². The van der Waals surface area contributed by atoms with E-state index in [4.69, 9.17) is 0 Å². The van der Waals surface area contributed by atoms with Gasteiger partial charge in [-0.05, 0) is 0 Å². The number of nitro groups is 1. The number of aromatic nitrogens is 3. The highest BCUT2D eigenvalue weighted by atomic mass is 127. The Morgan fingerprint density at radius 2 is 2.50 bits per heavy atom. The van der Waals surface area contributed by atoms with Crippen molar-refractivity contribution in [3.8, 4) is 0 Å². The van der Waals surface area contributed by atoms with Crippen LogP contribution in [0.1, 0.15) is 5.82 Å². The van der Waals surface area contributed by atoms with E-state index in [1.807, 2.05) is 0 Å². The Morgan fingerprint density at radius 1 is 1.67 bits per heavy atom. The second kappa shape index (κ2) is 2.69. The van der Waals surface area contributed by atoms with E-state index in [1.54, 1.807) is 0 Å². The van der Waals surface area contributed by atoms with Crippen LogP contribution in [0.3, 0.4) is 0 Å². The summed E-state index contributed by atoms with van der Waals surface area (Å²) < 4.78 is 5.47. The first-order valence-corrected chi connectivity index (χ1v) is 5.09. The molecule has 0 fully saturated rings. The predicted octanol–water partition coefficient (Wildman–Crippen LogP) is 0.784. The molecule has 2 rings (SSSR count). The lowest BCUT2D eigenvalue weighted by atomic mass is 10.5. The first-order valence-electron chi connectivity index (χ1n) is 2.88. The fourth-order valence-electron chi connectivity index (χ4n) is 0.739. The quantitative estimate of drug-likeness (QED) is 0.432. The molecule has 0 bridgehead atoms. The van der Waals surface area contributed by atoms with Crippen LogP contribution < -0.4 is 0 Å². The van der Waals surface area contributed by atoms with Crippen LogP contribution in [0.4, 0.5) is 0 Å². The van der Waals surface area contributed by atoms with E-state index in [9.17, 15) is 10.1 Å². The maximum atomic E-state index is 10.4. The minimum Gasteiger partial charge on any atom is -0.258 e. The van der Waals surface area contributed by atoms with Crippen molar-refractivity contribution >= 4 is 26.7 Å². The lowest BCUT2D eigenvalue weighted by molar-refractivity contribution is -0.376. The molecule has 1 aliphatic rings. The number of nitrogens with zero attached hydrogens (tertiary/aromatic N) is 5. The summed E-state index contributed by atoms with van der Waals surface area (Å²) in [6, 6.07) is 0. The van der Waals surface area contributed by atoms with E-state index in [0.717, 1.165) is 0 Å². The Labute approximate surface area is 76.4 Å². The predicted molar refractivity (Wildman–Crippen MR) is 46.8 cm³/mol. The van der Waals surface area contributed by atoms with Crippen molar-refractivity contribution in [3.05, 3.63) is 26.3 Å². The molecular weight excluding hydrogens is 277 g/mol. The van der Waals surface area contributed by atoms with Gasteiger partial charge in [0.2, 0.25) is 0 Å². The summed E-state index contributed by atoms with van der Waals surface area (Å²) in [5.41, 5.74) is 0.00954. The topological polar surface area (TPSA) is 86.2 Å². The first kappa shape index (κ1) is 7.46. The fourth-order valence-corrected chi connectivity index (χ4v) is 2.19. The molecule has 0 saturated heterocycles. The molecular formula is C4H2IN5O2. The van der Waals surface area contributed by atoms with Gasteiger partial charge in [-0.25, -0.2) is 4.98 Å². The fraction of sp³-hybridized carbons (Fsp3) is 0. The zero-order chi connectivity index (χ0) is 8.55. The number of fused-ring (bicyclic) bond motifs is 1. The molecule has 1 aromatic rings. The van der Waals surface area contributed by atoms with Crippen LogP contribution in [-0.4, -0.2) is 19.8 Å². The Hall–Kier alpha value is -1.19. The number of rotatable bonds is 1. The van der Waals surface area contributed by atoms with Crippen LogP contribution in [0, 0.1) is 10.1 Å². The van der Waals surface area contributed by atoms with Gasteiger partial charge in [-0.15, -0.1) is 13.1 Å². The second-order valence-electron chi connectivity index (χ2n) is 1.90. The molecule has 2 heterocycles. The summed E-state index contributed by atoms with van der Waals surface area (Å²) >= 11 is -0.640. The molecule has 0 saturated carbocycles. The molecule has 0 N–H and O–H groups in total. The van der Waals surface area contributed by atoms with Gasteiger partial charge in [-0.1, -0.05) is 0 Å². The largest absolute Gasteiger partial charge is 0.322 e. The van der Waals surface area contributed by atoms with E-state index in [2.05, 4.69) is 13.3 Å². The van der Waals surface area contributed by atoms with Gasteiger partial charge in [0.1, 0.15) is 6.33 Å². The summed E-state index contributed by atoms with van der Waals surface area (Å²) in [4.78, 5) is 14.9. The normalized spacial score (nSPS) is 14.5. The summed E-state index contributed by atoms with van der Waals surface area (Å²) in [6.07, 6.45) is 1.26. The van der Waals surface area contributed by atoms with Crippen molar-refractivity contribution in [1.82, 2.24) is 14.9 Å². The number of hydrogen-bond acceptors (Lipinski definition) is 5. The van der Waals surface area contributed by atoms with Gasteiger partial charge in [-0.2, -0.15) is 0 Å². The number of hydrogen-bond donors (Lipinski definition) is 0. The smallest absolute Gasteiger partial charge is 0.258 e. The van der Waals surface area contributed by atoms with Crippen LogP contribution in [0.5, 0.6) is 0 Å². The summed E-state index contributed by atoms with van der Waals surface area (Å²) in [6.45, 7) is 0. The van der Waals surface area contributed by atoms with Crippen molar-refractivity contribution < 1.29 is 4.92 Å². The molecule has 1 aliphatic heterocycles. The molecule has 0 aromatic carbocycles. The third-order valence-electron chi connectivity index (χ3n) is 1.22. The summed E-state index contributed by atoms with van der Waals surface area (Å²) in [5.74, 6) is 0.214. The highest BCUT2D eigenvalue weighted by Gasteiger charge is 2.23. The Kier molecular flexibility index (Phi) is 1.67. The average molecular weight is 279 g/mol. The molecule has 0 aliphatic carbocycles. The van der Waals surface area contributed by atoms with Gasteiger partial charge in [0.05, 0.1) is 30.0 Å². The maximum absolute atomic E-state index is 10.4. The van der Waals surface area contributed by atoms with Gasteiger partial charge >= 0.3 is 5.70 Å². The van der Waals surface area contributed by atoms with Crippen molar-refractivity contribution in [1.29, 1.82) is 0 Å². The van der Waals surface area contributed by atoms with Crippen LogP contribution in [0.15, 0.2) is 13.7 Å². The molecule has 0 radical (unpaired) electrons. The van der Waals surface area contributed by atoms with E-state index >= 15 is 0 Å². The Bertz CT molecular complexity index is 394. The van der Waals surface area contributed by atoms with E-state index < -0.39 is 26.0 Å². The van der Waals surface area contributed by atoms with Crippen molar-refractivity contribution in [2.45, 2.75) is 0 Å². The molecule has 8 heteroatoms. The van der Waals surface area contributed by atoms with Crippen LogP contribution in [0.25, 0.3) is 5.70 Å². The van der Waals surface area contributed by atoms with E-state index in [0.29, 0.717) is 0 Å². The Balaban J connectivity index is 2.59. The summed E-state index contributed by atoms with van der Waals surface area (Å²) in [7, 11) is 0. The monoisotopic (exact) mass is 279 g/mol. The summed E-state index contributed by atoms with van der Waals surface area (Å²) in [5, 5.41) is 14.2. The third kappa shape index (κ3) is 1.03. The number of halogens is 1. The molecule has 7 nitrogen and oxygen atoms in total. The van der Waals surface area contributed by atoms with Crippen LogP contribution in [0.2, 0.25) is 0 Å². The molecule has 0 unspecified atom stereocenters. The van der Waals surface area contributed by atoms with Gasteiger partial charge in [0.15, 0.2) is 0 Å². The first-order chi connectivity index (χ1) is 5.79. The van der Waals surface area contributed by atoms with E-state index in [-0.39, 0.29) is 11.5 Å². The highest BCUT2D eigenvalue weighted by Crippen LogP contribution is 2.22. The van der Waals surface area contributed by atoms with Gasteiger partial charge in [-0.3, -0.25) is 10.1 Å². The average Bonchev–Trinajstić information content (AvgIpc) is 2.49. The lowest BCUT2D eigenvalue weighted by Gasteiger charge is -1.98. The minimum atomic E-state index is -0.640. The molecule has 0 amide bonds. The van der Waals surface area contributed by atoms with Crippen molar-refractivity contribution in [3.63, 3.8) is 0 Å². The van der Waals surface area contributed by atoms with E-state index in [1.165, 1.54) is 15.2 Å². The van der Waals surface area contributed by atoms with Gasteiger partial charge in [0.25, 0.3) is 5.82 Å². The zero-order valence-electron chi connectivity index (χ0n) is 5.59. The molecule has 1 aromatic heterocycles. The molecule has 0 spiro atoms. The molecule has 62 valence electrons. The lowest BCUT2D eigenvalue weighted by Crippen LogP contribution is -2.06. The Morgan fingerprint density at radius 3 is 3.25 bits per heavy atom. The minimum absolute atomic E-state index is 0.00954. The van der Waals surface area contributed by atoms with Crippen molar-refractivity contribution in [2.75, 3.05) is 0 Å². The SMILES string of the molecule is O=[N+]([O-])C1=CI=Nn2ncnc21. The third-order valence-corrected chi connectivity index (χ3v) is 2.75. The van der Waals surface area contributed by atoms with Crippen LogP contribution in [-0.2, 0) is 0 Å². The van der Waals surface area contributed by atoms with Crippen molar-refractivity contribution in [2.24, 2.45) is 3.25 Å². The van der Waals surface area contributed by atoms with Gasteiger partial charge in [0, 0.05) is 0 Å². The van der Waals surface area contributed by atoms with Crippen LogP contribution >= 0.6 is 21.0 Å². The maximum Gasteiger partial charge on any atom is 0.322 e. The second-order valence-corrected chi connectivity index (χ2v) is 3.51. The molecule has 12 heavy (non-hydrogen) atoms. The standard InChI is InChI=1S/C4H2IN5O2/c11-10(12)3-1-5-8-9-4(3)6-2-7-9/h1-2H. The highest BCUT2D eigenvalue weighted by molar-refractivity contribution is 14.2. The zero-order valence-corrected chi connectivity index (χ0v) is 7.74.